The van der Waals surface area contributed by atoms with Crippen LogP contribution in [-0.2, 0) is 6.54 Å². The van der Waals surface area contributed by atoms with E-state index in [1.54, 1.807) is 15.8 Å². The zero-order valence-electron chi connectivity index (χ0n) is 16.2. The average Bonchev–Trinajstić information content (AvgIpc) is 3.40. The maximum atomic E-state index is 14.2. The lowest BCUT2D eigenvalue weighted by molar-refractivity contribution is 0.0654. The van der Waals surface area contributed by atoms with E-state index in [4.69, 9.17) is 0 Å². The highest BCUT2D eigenvalue weighted by Crippen LogP contribution is 2.28. The number of carbonyl (C=O) groups is 1. The quantitative estimate of drug-likeness (QED) is 0.796. The van der Waals surface area contributed by atoms with Crippen LogP contribution < -0.4 is 5.32 Å². The number of carbonyl (C=O) groups excluding carboxylic acids is 1. The van der Waals surface area contributed by atoms with Crippen molar-refractivity contribution in [2.75, 3.05) is 13.1 Å². The van der Waals surface area contributed by atoms with E-state index in [2.05, 4.69) is 15.6 Å². The van der Waals surface area contributed by atoms with Crippen molar-refractivity contribution in [2.24, 2.45) is 0 Å². The minimum absolute atomic E-state index is 0. The predicted molar refractivity (Wildman–Crippen MR) is 107 cm³/mol. The first-order valence-corrected chi connectivity index (χ1v) is 10.00. The van der Waals surface area contributed by atoms with E-state index in [0.29, 0.717) is 0 Å². The Morgan fingerprint density at radius 1 is 1.14 bits per heavy atom. The van der Waals surface area contributed by atoms with E-state index in [0.717, 1.165) is 51.6 Å². The molecule has 2 fully saturated rings. The van der Waals surface area contributed by atoms with Crippen molar-refractivity contribution in [3.8, 4) is 0 Å². The molecule has 158 valence electrons. The van der Waals surface area contributed by atoms with E-state index >= 15 is 0 Å². The van der Waals surface area contributed by atoms with Crippen molar-refractivity contribution in [1.29, 1.82) is 0 Å². The molecule has 1 amide bonds. The molecule has 0 atom stereocenters. The fourth-order valence-electron chi connectivity index (χ4n) is 4.21. The molecule has 1 aliphatic heterocycles. The second-order valence-corrected chi connectivity index (χ2v) is 7.64. The largest absolute Gasteiger partial charge is 0.330 e. The summed E-state index contributed by atoms with van der Waals surface area (Å²) in [4.78, 5) is 14.8. The van der Waals surface area contributed by atoms with E-state index < -0.39 is 11.6 Å². The molecular weight excluding hydrogens is 400 g/mol. The lowest BCUT2D eigenvalue weighted by Crippen LogP contribution is -2.39. The summed E-state index contributed by atoms with van der Waals surface area (Å²) in [6.45, 7) is 1.73. The van der Waals surface area contributed by atoms with E-state index in [1.807, 2.05) is 0 Å². The van der Waals surface area contributed by atoms with Gasteiger partial charge in [0.2, 0.25) is 0 Å². The molecule has 2 aliphatic rings. The van der Waals surface area contributed by atoms with Crippen molar-refractivity contribution in [3.05, 3.63) is 47.3 Å². The van der Waals surface area contributed by atoms with Crippen LogP contribution in [0.4, 0.5) is 8.78 Å². The SMILES string of the molecule is Cl.O=C(c1cn(C2CCNCC2)nn1)N(Cc1c(F)cccc1F)C1CCCC1. The highest BCUT2D eigenvalue weighted by molar-refractivity contribution is 5.92. The topological polar surface area (TPSA) is 63.1 Å². The normalized spacial score (nSPS) is 17.9. The number of hydrogen-bond donors (Lipinski definition) is 1. The number of halogens is 3. The van der Waals surface area contributed by atoms with Gasteiger partial charge in [-0.25, -0.2) is 13.5 Å². The van der Waals surface area contributed by atoms with Gasteiger partial charge in [0.1, 0.15) is 11.6 Å². The number of aromatic nitrogens is 3. The zero-order chi connectivity index (χ0) is 19.5. The molecule has 1 saturated heterocycles. The van der Waals surface area contributed by atoms with E-state index in [-0.39, 0.29) is 48.2 Å². The molecule has 4 rings (SSSR count). The van der Waals surface area contributed by atoms with Crippen molar-refractivity contribution in [3.63, 3.8) is 0 Å². The third kappa shape index (κ3) is 4.75. The molecule has 0 spiro atoms. The van der Waals surface area contributed by atoms with Gasteiger partial charge < -0.3 is 10.2 Å². The molecule has 1 aliphatic carbocycles. The summed E-state index contributed by atoms with van der Waals surface area (Å²) < 4.78 is 30.1. The molecule has 0 radical (unpaired) electrons. The Labute approximate surface area is 175 Å². The van der Waals surface area contributed by atoms with Crippen LogP contribution >= 0.6 is 12.4 Å². The third-order valence-electron chi connectivity index (χ3n) is 5.83. The number of hydrogen-bond acceptors (Lipinski definition) is 4. The summed E-state index contributed by atoms with van der Waals surface area (Å²) in [6, 6.07) is 3.97. The summed E-state index contributed by atoms with van der Waals surface area (Å²) in [5, 5.41) is 11.5. The molecular formula is C20H26ClF2N5O. The molecule has 1 aromatic carbocycles. The Morgan fingerprint density at radius 2 is 1.79 bits per heavy atom. The van der Waals surface area contributed by atoms with E-state index in [9.17, 15) is 13.6 Å². The predicted octanol–water partition coefficient (Wildman–Crippen LogP) is 3.49. The van der Waals surface area contributed by atoms with Gasteiger partial charge in [-0.1, -0.05) is 24.1 Å². The maximum absolute atomic E-state index is 14.2. The Kier molecular flexibility index (Phi) is 7.18. The van der Waals surface area contributed by atoms with Crippen LogP contribution in [0.1, 0.15) is 60.6 Å². The number of nitrogens with zero attached hydrogens (tertiary/aromatic N) is 4. The Bertz CT molecular complexity index is 814. The minimum atomic E-state index is -0.630. The van der Waals surface area contributed by atoms with Gasteiger partial charge in [-0.3, -0.25) is 4.79 Å². The second-order valence-electron chi connectivity index (χ2n) is 7.64. The van der Waals surface area contributed by atoms with Crippen LogP contribution in [0.25, 0.3) is 0 Å². The first-order valence-electron chi connectivity index (χ1n) is 10.00. The monoisotopic (exact) mass is 425 g/mol. The Hall–Kier alpha value is -2.06. The molecule has 0 unspecified atom stereocenters. The van der Waals surface area contributed by atoms with Gasteiger partial charge in [0.15, 0.2) is 5.69 Å². The number of benzene rings is 1. The molecule has 9 heteroatoms. The summed E-state index contributed by atoms with van der Waals surface area (Å²) >= 11 is 0. The second kappa shape index (κ2) is 9.63. The molecule has 2 aromatic rings. The standard InChI is InChI=1S/C20H25F2N5O.ClH/c21-17-6-3-7-18(22)16(17)12-26(14-4-1-2-5-14)20(28)19-13-27(25-24-19)15-8-10-23-11-9-15;/h3,6-7,13-15,23H,1-2,4-5,8-12H2;1H. The van der Waals surface area contributed by atoms with Gasteiger partial charge in [0.05, 0.1) is 18.8 Å². The summed E-state index contributed by atoms with van der Waals surface area (Å²) in [5.74, 6) is -1.57. The van der Waals surface area contributed by atoms with Gasteiger partial charge in [-0.2, -0.15) is 0 Å². The van der Waals surface area contributed by atoms with Crippen LogP contribution in [0, 0.1) is 11.6 Å². The fourth-order valence-corrected chi connectivity index (χ4v) is 4.21. The number of piperidine rings is 1. The molecule has 2 heterocycles. The highest BCUT2D eigenvalue weighted by atomic mass is 35.5. The van der Waals surface area contributed by atoms with Crippen molar-refractivity contribution in [2.45, 2.75) is 57.2 Å². The van der Waals surface area contributed by atoms with Crippen LogP contribution in [0.5, 0.6) is 0 Å². The molecule has 1 N–H and O–H groups in total. The van der Waals surface area contributed by atoms with Crippen LogP contribution in [0.2, 0.25) is 0 Å². The van der Waals surface area contributed by atoms with Crippen molar-refractivity contribution in [1.82, 2.24) is 25.2 Å². The van der Waals surface area contributed by atoms with E-state index in [1.165, 1.54) is 18.2 Å². The Balaban J connectivity index is 0.00000240. The highest BCUT2D eigenvalue weighted by Gasteiger charge is 2.31. The van der Waals surface area contributed by atoms with Gasteiger partial charge >= 0.3 is 0 Å². The molecule has 29 heavy (non-hydrogen) atoms. The first kappa shape index (κ1) is 21.6. The fraction of sp³-hybridized carbons (Fsp3) is 0.550. The van der Waals surface area contributed by atoms with Gasteiger partial charge in [0.25, 0.3) is 5.91 Å². The Morgan fingerprint density at radius 3 is 2.45 bits per heavy atom. The molecule has 6 nitrogen and oxygen atoms in total. The average molecular weight is 426 g/mol. The lowest BCUT2D eigenvalue weighted by Gasteiger charge is -2.28. The summed E-state index contributed by atoms with van der Waals surface area (Å²) in [7, 11) is 0. The molecule has 0 bridgehead atoms. The summed E-state index contributed by atoms with van der Waals surface area (Å²) in [6.07, 6.45) is 7.24. The van der Waals surface area contributed by atoms with Crippen LogP contribution in [0.3, 0.4) is 0 Å². The van der Waals surface area contributed by atoms with Gasteiger partial charge in [0, 0.05) is 11.6 Å². The number of amides is 1. The minimum Gasteiger partial charge on any atom is -0.330 e. The van der Waals surface area contributed by atoms with Crippen molar-refractivity contribution < 1.29 is 13.6 Å². The zero-order valence-corrected chi connectivity index (χ0v) is 17.0. The molecule has 1 saturated carbocycles. The number of rotatable bonds is 5. The van der Waals surface area contributed by atoms with Crippen molar-refractivity contribution >= 4 is 18.3 Å². The summed E-state index contributed by atoms with van der Waals surface area (Å²) in [5.41, 5.74) is 0.163. The lowest BCUT2D eigenvalue weighted by atomic mass is 10.1. The third-order valence-corrected chi connectivity index (χ3v) is 5.83. The first-order chi connectivity index (χ1) is 13.6. The van der Waals surface area contributed by atoms with Crippen LogP contribution in [0.15, 0.2) is 24.4 Å². The number of nitrogens with one attached hydrogen (secondary N) is 1. The molecule has 1 aromatic heterocycles. The van der Waals surface area contributed by atoms with Crippen LogP contribution in [-0.4, -0.2) is 44.9 Å². The maximum Gasteiger partial charge on any atom is 0.276 e. The van der Waals surface area contributed by atoms with Gasteiger partial charge in [-0.15, -0.1) is 17.5 Å². The smallest absolute Gasteiger partial charge is 0.276 e. The van der Waals surface area contributed by atoms with Gasteiger partial charge in [-0.05, 0) is 50.9 Å².